The fourth-order valence-corrected chi connectivity index (χ4v) is 4.33. The van der Waals surface area contributed by atoms with E-state index in [1.165, 1.54) is 38.2 Å². The Hall–Kier alpha value is -1.09. The van der Waals surface area contributed by atoms with Crippen molar-refractivity contribution in [1.29, 1.82) is 0 Å². The summed E-state index contributed by atoms with van der Waals surface area (Å²) in [7, 11) is 0. The summed E-state index contributed by atoms with van der Waals surface area (Å²) in [5.74, 6) is 1.60. The quantitative estimate of drug-likeness (QED) is 0.889. The maximum absolute atomic E-state index is 13.6. The maximum Gasteiger partial charge on any atom is 0.125 e. The molecule has 0 aromatic heterocycles. The number of likely N-dealkylation sites (N-methyl/N-ethyl adjacent to an activating group) is 1. The van der Waals surface area contributed by atoms with Crippen LogP contribution in [0.2, 0.25) is 0 Å². The highest BCUT2D eigenvalue weighted by Gasteiger charge is 2.44. The highest BCUT2D eigenvalue weighted by atomic mass is 19.1. The smallest absolute Gasteiger partial charge is 0.125 e. The molecule has 0 amide bonds. The van der Waals surface area contributed by atoms with Crippen molar-refractivity contribution in [3.63, 3.8) is 0 Å². The van der Waals surface area contributed by atoms with Gasteiger partial charge in [0.15, 0.2) is 0 Å². The van der Waals surface area contributed by atoms with Crippen LogP contribution >= 0.6 is 0 Å². The van der Waals surface area contributed by atoms with Crippen LogP contribution in [0.4, 0.5) is 10.1 Å². The van der Waals surface area contributed by atoms with E-state index in [2.05, 4.69) is 11.8 Å². The van der Waals surface area contributed by atoms with Gasteiger partial charge in [0.05, 0.1) is 5.54 Å². The van der Waals surface area contributed by atoms with Crippen LogP contribution in [0.1, 0.15) is 45.4 Å². The second kappa shape index (κ2) is 5.96. The van der Waals surface area contributed by atoms with Gasteiger partial charge in [-0.1, -0.05) is 18.9 Å². The molecule has 0 radical (unpaired) electrons. The van der Waals surface area contributed by atoms with Crippen LogP contribution in [0.3, 0.4) is 0 Å². The van der Waals surface area contributed by atoms with Crippen molar-refractivity contribution in [2.75, 3.05) is 18.0 Å². The Morgan fingerprint density at radius 3 is 2.71 bits per heavy atom. The first-order chi connectivity index (χ1) is 10.2. The van der Waals surface area contributed by atoms with Crippen molar-refractivity contribution < 1.29 is 4.39 Å². The summed E-state index contributed by atoms with van der Waals surface area (Å²) in [5.41, 5.74) is 7.24. The third kappa shape index (κ3) is 2.94. The first kappa shape index (κ1) is 14.8. The molecule has 0 spiro atoms. The third-order valence-corrected chi connectivity index (χ3v) is 5.54. The van der Waals surface area contributed by atoms with Crippen LogP contribution in [0.15, 0.2) is 24.3 Å². The van der Waals surface area contributed by atoms with Crippen molar-refractivity contribution >= 4 is 5.69 Å². The molecule has 0 saturated heterocycles. The first-order valence-corrected chi connectivity index (χ1v) is 8.42. The molecule has 2 aliphatic carbocycles. The molecular formula is C18H27FN2. The van der Waals surface area contributed by atoms with Crippen molar-refractivity contribution in [3.8, 4) is 0 Å². The lowest BCUT2D eigenvalue weighted by atomic mass is 9.72. The third-order valence-electron chi connectivity index (χ3n) is 5.54. The molecule has 1 aromatic rings. The van der Waals surface area contributed by atoms with E-state index in [0.29, 0.717) is 6.54 Å². The second-order valence-electron chi connectivity index (χ2n) is 6.85. The highest BCUT2D eigenvalue weighted by Crippen LogP contribution is 2.48. The van der Waals surface area contributed by atoms with Crippen LogP contribution < -0.4 is 10.6 Å². The zero-order valence-corrected chi connectivity index (χ0v) is 13.0. The monoisotopic (exact) mass is 290 g/mol. The molecule has 0 heterocycles. The molecule has 3 rings (SSSR count). The minimum Gasteiger partial charge on any atom is -0.365 e. The van der Waals surface area contributed by atoms with E-state index < -0.39 is 0 Å². The first-order valence-electron chi connectivity index (χ1n) is 8.42. The summed E-state index contributed by atoms with van der Waals surface area (Å²) in [5, 5.41) is 0. The molecule has 116 valence electrons. The Labute approximate surface area is 127 Å². The van der Waals surface area contributed by atoms with Crippen molar-refractivity contribution in [3.05, 3.63) is 30.1 Å². The normalized spacial score (nSPS) is 29.4. The number of hydrogen-bond donors (Lipinski definition) is 1. The van der Waals surface area contributed by atoms with E-state index in [9.17, 15) is 4.39 Å². The Kier molecular flexibility index (Phi) is 4.21. The molecule has 2 fully saturated rings. The summed E-state index contributed by atoms with van der Waals surface area (Å²) in [6, 6.07) is 6.99. The van der Waals surface area contributed by atoms with E-state index in [-0.39, 0.29) is 11.4 Å². The van der Waals surface area contributed by atoms with Gasteiger partial charge in [-0.05, 0) is 62.6 Å². The van der Waals surface area contributed by atoms with Gasteiger partial charge in [-0.15, -0.1) is 0 Å². The number of rotatable bonds is 5. The number of benzene rings is 1. The number of hydrogen-bond acceptors (Lipinski definition) is 2. The SMILES string of the molecule is CCN(c1cccc(F)c1)C1(CN)CCCC(C2CC2)C1. The highest BCUT2D eigenvalue weighted by molar-refractivity contribution is 5.49. The van der Waals surface area contributed by atoms with Crippen LogP contribution in [-0.2, 0) is 0 Å². The van der Waals surface area contributed by atoms with Crippen LogP contribution in [0.25, 0.3) is 0 Å². The molecule has 0 aliphatic heterocycles. The number of nitrogens with two attached hydrogens (primary N) is 1. The van der Waals surface area contributed by atoms with Gasteiger partial charge in [-0.2, -0.15) is 0 Å². The number of nitrogens with zero attached hydrogens (tertiary/aromatic N) is 1. The van der Waals surface area contributed by atoms with Crippen molar-refractivity contribution in [1.82, 2.24) is 0 Å². The Balaban J connectivity index is 1.87. The molecule has 2 unspecified atom stereocenters. The van der Waals surface area contributed by atoms with Crippen LogP contribution in [0, 0.1) is 17.7 Å². The summed E-state index contributed by atoms with van der Waals surface area (Å²) < 4.78 is 13.6. The molecule has 2 atom stereocenters. The Bertz CT molecular complexity index is 486. The minimum absolute atomic E-state index is 0.0219. The van der Waals surface area contributed by atoms with Gasteiger partial charge < -0.3 is 10.6 Å². The Morgan fingerprint density at radius 2 is 2.10 bits per heavy atom. The van der Waals surface area contributed by atoms with Crippen molar-refractivity contribution in [2.45, 2.75) is 51.0 Å². The van der Waals surface area contributed by atoms with E-state index in [1.807, 2.05) is 6.07 Å². The predicted molar refractivity (Wildman–Crippen MR) is 85.9 cm³/mol. The van der Waals surface area contributed by atoms with Gasteiger partial charge in [0.2, 0.25) is 0 Å². The zero-order chi connectivity index (χ0) is 14.9. The van der Waals surface area contributed by atoms with E-state index in [1.54, 1.807) is 12.1 Å². The number of halogens is 1. The topological polar surface area (TPSA) is 29.3 Å². The molecule has 2 saturated carbocycles. The average molecular weight is 290 g/mol. The van der Waals surface area contributed by atoms with E-state index in [0.717, 1.165) is 30.5 Å². The molecule has 0 bridgehead atoms. The summed E-state index contributed by atoms with van der Waals surface area (Å²) >= 11 is 0. The predicted octanol–water partition coefficient (Wildman–Crippen LogP) is 3.95. The molecule has 2 aliphatic rings. The van der Waals surface area contributed by atoms with Gasteiger partial charge in [-0.3, -0.25) is 0 Å². The Morgan fingerprint density at radius 1 is 1.29 bits per heavy atom. The van der Waals surface area contributed by atoms with E-state index in [4.69, 9.17) is 5.73 Å². The molecular weight excluding hydrogens is 263 g/mol. The van der Waals surface area contributed by atoms with Crippen LogP contribution in [0.5, 0.6) is 0 Å². The fraction of sp³-hybridized carbons (Fsp3) is 0.667. The van der Waals surface area contributed by atoms with Gasteiger partial charge in [0.1, 0.15) is 5.82 Å². The van der Waals surface area contributed by atoms with E-state index >= 15 is 0 Å². The van der Waals surface area contributed by atoms with Gasteiger partial charge in [0.25, 0.3) is 0 Å². The average Bonchev–Trinajstić information content (AvgIpc) is 3.33. The number of anilines is 1. The second-order valence-corrected chi connectivity index (χ2v) is 6.85. The summed E-state index contributed by atoms with van der Waals surface area (Å²) in [6.07, 6.45) is 7.72. The molecule has 2 N–H and O–H groups in total. The fourth-order valence-electron chi connectivity index (χ4n) is 4.33. The molecule has 21 heavy (non-hydrogen) atoms. The minimum atomic E-state index is -0.160. The van der Waals surface area contributed by atoms with Gasteiger partial charge in [-0.25, -0.2) is 4.39 Å². The van der Waals surface area contributed by atoms with Crippen molar-refractivity contribution in [2.24, 2.45) is 17.6 Å². The van der Waals surface area contributed by atoms with Gasteiger partial charge >= 0.3 is 0 Å². The summed E-state index contributed by atoms with van der Waals surface area (Å²) in [4.78, 5) is 2.37. The lowest BCUT2D eigenvalue weighted by Crippen LogP contribution is -2.57. The van der Waals surface area contributed by atoms with Gasteiger partial charge in [0, 0.05) is 18.8 Å². The maximum atomic E-state index is 13.6. The largest absolute Gasteiger partial charge is 0.365 e. The lowest BCUT2D eigenvalue weighted by molar-refractivity contribution is 0.199. The standard InChI is InChI=1S/C18H27FN2/c1-2-21(17-7-3-6-16(19)11-17)18(13-20)10-4-5-15(12-18)14-8-9-14/h3,6-7,11,14-15H,2,4-5,8-10,12-13,20H2,1H3. The molecule has 1 aromatic carbocycles. The zero-order valence-electron chi connectivity index (χ0n) is 13.0. The lowest BCUT2D eigenvalue weighted by Gasteiger charge is -2.49. The summed E-state index contributed by atoms with van der Waals surface area (Å²) in [6.45, 7) is 3.71. The van der Waals surface area contributed by atoms with Crippen LogP contribution in [-0.4, -0.2) is 18.6 Å². The molecule has 2 nitrogen and oxygen atoms in total. The molecule has 3 heteroatoms.